The summed E-state index contributed by atoms with van der Waals surface area (Å²) in [7, 11) is 0.992. The number of ether oxygens (including phenoxy) is 1. The lowest BCUT2D eigenvalue weighted by atomic mass is 10.0. The molecule has 10 nitrogen and oxygen atoms in total. The minimum Gasteiger partial charge on any atom is -0.467 e. The van der Waals surface area contributed by atoms with Crippen molar-refractivity contribution < 1.29 is 46.7 Å². The van der Waals surface area contributed by atoms with E-state index in [9.17, 15) is 41.9 Å². The predicted octanol–water partition coefficient (Wildman–Crippen LogP) is 0.842. The van der Waals surface area contributed by atoms with Gasteiger partial charge in [0.05, 0.1) is 24.8 Å². The number of nitrogens with one attached hydrogen (secondary N) is 2. The molecule has 2 atom stereocenters. The van der Waals surface area contributed by atoms with Crippen LogP contribution in [0.15, 0.2) is 54.6 Å². The summed E-state index contributed by atoms with van der Waals surface area (Å²) in [4.78, 5) is 75.1. The molecule has 3 rings (SSSR count). The number of alkyl halides is 3. The maximum Gasteiger partial charge on any atom is 0.458 e. The topological polar surface area (TPSA) is 139 Å². The normalized spacial score (nSPS) is 14.5. The summed E-state index contributed by atoms with van der Waals surface area (Å²) in [5.74, 6) is -7.76. The summed E-state index contributed by atoms with van der Waals surface area (Å²) in [5, 5.41) is 4.54. The quantitative estimate of drug-likeness (QED) is 0.246. The average Bonchev–Trinajstić information content (AvgIpc) is 3.15. The first-order valence-electron chi connectivity index (χ1n) is 11.2. The largest absolute Gasteiger partial charge is 0.467 e. The van der Waals surface area contributed by atoms with Crippen LogP contribution in [0.5, 0.6) is 0 Å². The number of benzene rings is 2. The van der Waals surface area contributed by atoms with Gasteiger partial charge in [-0.15, -0.1) is 0 Å². The summed E-state index contributed by atoms with van der Waals surface area (Å²) in [6.45, 7) is -1.65. The molecule has 2 aromatic carbocycles. The third-order valence-electron chi connectivity index (χ3n) is 5.66. The van der Waals surface area contributed by atoms with Crippen LogP contribution >= 0.6 is 0 Å². The van der Waals surface area contributed by atoms with Crippen LogP contribution in [-0.2, 0) is 30.3 Å². The monoisotopic (exact) mass is 533 g/mol. The van der Waals surface area contributed by atoms with Gasteiger partial charge in [0.2, 0.25) is 11.7 Å². The van der Waals surface area contributed by atoms with Gasteiger partial charge >= 0.3 is 17.9 Å². The fourth-order valence-corrected chi connectivity index (χ4v) is 3.80. The van der Waals surface area contributed by atoms with Crippen molar-refractivity contribution in [2.75, 3.05) is 20.2 Å². The Morgan fingerprint density at radius 2 is 1.47 bits per heavy atom. The van der Waals surface area contributed by atoms with Gasteiger partial charge in [-0.1, -0.05) is 42.5 Å². The van der Waals surface area contributed by atoms with E-state index in [4.69, 9.17) is 0 Å². The number of halogens is 3. The number of carbonyl (C=O) groups excluding carboxylic acids is 6. The molecular weight excluding hydrogens is 511 g/mol. The minimum absolute atomic E-state index is 0.0994. The number of carbonyl (C=O) groups is 6. The highest BCUT2D eigenvalue weighted by atomic mass is 19.4. The van der Waals surface area contributed by atoms with Crippen LogP contribution in [0.3, 0.4) is 0 Å². The summed E-state index contributed by atoms with van der Waals surface area (Å²) in [5.41, 5.74) is 0.790. The second kappa shape index (κ2) is 11.8. The van der Waals surface area contributed by atoms with Crippen molar-refractivity contribution in [2.24, 2.45) is 0 Å². The van der Waals surface area contributed by atoms with Gasteiger partial charge in [-0.25, -0.2) is 4.79 Å². The summed E-state index contributed by atoms with van der Waals surface area (Å²) in [6, 6.07) is 11.5. The predicted molar refractivity (Wildman–Crippen MR) is 124 cm³/mol. The number of ketones is 2. The van der Waals surface area contributed by atoms with E-state index in [2.05, 4.69) is 15.4 Å². The molecule has 0 radical (unpaired) electrons. The fraction of sp³-hybridized carbons (Fsp3) is 0.280. The smallest absolute Gasteiger partial charge is 0.458 e. The molecule has 38 heavy (non-hydrogen) atoms. The zero-order valence-electron chi connectivity index (χ0n) is 19.9. The van der Waals surface area contributed by atoms with Crippen LogP contribution in [-0.4, -0.2) is 78.6 Å². The van der Waals surface area contributed by atoms with Gasteiger partial charge < -0.3 is 15.4 Å². The van der Waals surface area contributed by atoms with E-state index in [0.29, 0.717) is 5.56 Å². The molecule has 200 valence electrons. The Bertz CT molecular complexity index is 1230. The Labute approximate surface area is 214 Å². The van der Waals surface area contributed by atoms with Crippen LogP contribution < -0.4 is 10.6 Å². The Morgan fingerprint density at radius 3 is 2.00 bits per heavy atom. The zero-order valence-corrected chi connectivity index (χ0v) is 19.9. The number of methoxy groups -OCH3 is 1. The fourth-order valence-electron chi connectivity index (χ4n) is 3.80. The van der Waals surface area contributed by atoms with Crippen molar-refractivity contribution in [1.82, 2.24) is 15.5 Å². The first kappa shape index (κ1) is 28.2. The molecule has 1 unspecified atom stereocenters. The van der Waals surface area contributed by atoms with Gasteiger partial charge in [-0.05, 0) is 17.7 Å². The number of fused-ring (bicyclic) bond motifs is 1. The highest BCUT2D eigenvalue weighted by Gasteiger charge is 2.44. The first-order valence-corrected chi connectivity index (χ1v) is 11.2. The minimum atomic E-state index is -5.36. The average molecular weight is 533 g/mol. The van der Waals surface area contributed by atoms with Crippen molar-refractivity contribution in [1.29, 1.82) is 0 Å². The number of hydrogen-bond acceptors (Lipinski definition) is 8. The molecule has 2 N–H and O–H groups in total. The number of imide groups is 1. The van der Waals surface area contributed by atoms with Crippen LogP contribution in [0, 0.1) is 0 Å². The maximum atomic E-state index is 13.4. The number of rotatable bonds is 11. The van der Waals surface area contributed by atoms with Crippen molar-refractivity contribution >= 4 is 35.3 Å². The Hall–Kier alpha value is -4.39. The van der Waals surface area contributed by atoms with Crippen LogP contribution in [0.1, 0.15) is 26.3 Å². The lowest BCUT2D eigenvalue weighted by molar-refractivity contribution is -0.174. The molecule has 0 bridgehead atoms. The van der Waals surface area contributed by atoms with E-state index in [1.165, 1.54) is 12.1 Å². The van der Waals surface area contributed by atoms with Crippen molar-refractivity contribution in [3.63, 3.8) is 0 Å². The van der Waals surface area contributed by atoms with Crippen LogP contribution in [0.25, 0.3) is 0 Å². The van der Waals surface area contributed by atoms with Gasteiger partial charge in [0, 0.05) is 13.0 Å². The van der Waals surface area contributed by atoms with E-state index in [0.717, 1.165) is 12.0 Å². The molecule has 2 aromatic rings. The van der Waals surface area contributed by atoms with Gasteiger partial charge in [-0.3, -0.25) is 28.9 Å². The molecule has 0 fully saturated rings. The third kappa shape index (κ3) is 6.29. The Morgan fingerprint density at radius 1 is 0.921 bits per heavy atom. The number of amides is 3. The van der Waals surface area contributed by atoms with Crippen LogP contribution in [0.2, 0.25) is 0 Å². The molecule has 0 aliphatic carbocycles. The summed E-state index contributed by atoms with van der Waals surface area (Å²) in [6.07, 6.45) is -5.47. The summed E-state index contributed by atoms with van der Waals surface area (Å²) < 4.78 is 41.9. The van der Waals surface area contributed by atoms with Crippen LogP contribution in [0.4, 0.5) is 13.2 Å². The lowest BCUT2D eigenvalue weighted by Gasteiger charge is -2.27. The van der Waals surface area contributed by atoms with E-state index in [1.54, 1.807) is 42.5 Å². The molecule has 0 aromatic heterocycles. The number of esters is 1. The number of nitrogens with zero attached hydrogens (tertiary/aromatic N) is 1. The second-order valence-electron chi connectivity index (χ2n) is 8.20. The highest BCUT2D eigenvalue weighted by Crippen LogP contribution is 2.26. The van der Waals surface area contributed by atoms with Gasteiger partial charge in [0.1, 0.15) is 12.1 Å². The standard InChI is InChI=1S/C25H22F3N3O7/c1-38-24(37)17(12-29-13-19(32)20(33)25(26,27)28)30-21(34)18(11-14-7-3-2-4-8-14)31-22(35)15-9-5-6-10-16(15)23(31)36/h2-10,17-18,29H,11-13H2,1H3,(H,30,34)/t17-,18?/m0/s1. The molecule has 3 amide bonds. The molecule has 1 heterocycles. The third-order valence-corrected chi connectivity index (χ3v) is 5.66. The van der Waals surface area contributed by atoms with E-state index in [1.807, 2.05) is 0 Å². The summed E-state index contributed by atoms with van der Waals surface area (Å²) >= 11 is 0. The van der Waals surface area contributed by atoms with Crippen molar-refractivity contribution in [3.05, 3.63) is 71.3 Å². The maximum absolute atomic E-state index is 13.4. The lowest BCUT2D eigenvalue weighted by Crippen LogP contribution is -2.56. The van der Waals surface area contributed by atoms with Crippen molar-refractivity contribution in [3.8, 4) is 0 Å². The zero-order chi connectivity index (χ0) is 28.0. The van der Waals surface area contributed by atoms with Gasteiger partial charge in [0.25, 0.3) is 11.8 Å². The number of Topliss-reactive ketones (excluding diaryl/α,β-unsaturated/α-hetero) is 2. The molecule has 13 heteroatoms. The Kier molecular flexibility index (Phi) is 8.73. The SMILES string of the molecule is COC(=O)[C@H](CNCC(=O)C(=O)C(F)(F)F)NC(=O)C(Cc1ccccc1)N1C(=O)c2ccccc2C1=O. The Balaban J connectivity index is 1.81. The second-order valence-corrected chi connectivity index (χ2v) is 8.20. The van der Waals surface area contributed by atoms with Gasteiger partial charge in [0.15, 0.2) is 0 Å². The first-order chi connectivity index (χ1) is 18.0. The molecule has 0 saturated carbocycles. The van der Waals surface area contributed by atoms with E-state index < -0.39 is 66.6 Å². The molecule has 1 aliphatic rings. The van der Waals surface area contributed by atoms with Gasteiger partial charge in [-0.2, -0.15) is 13.2 Å². The molecule has 0 saturated heterocycles. The number of hydrogen-bond donors (Lipinski definition) is 2. The molecular formula is C25H22F3N3O7. The van der Waals surface area contributed by atoms with E-state index >= 15 is 0 Å². The van der Waals surface area contributed by atoms with Crippen molar-refractivity contribution in [2.45, 2.75) is 24.7 Å². The highest BCUT2D eigenvalue weighted by molar-refractivity contribution is 6.40. The molecule has 0 spiro atoms. The molecule has 1 aliphatic heterocycles. The van der Waals surface area contributed by atoms with E-state index in [-0.39, 0.29) is 17.5 Å².